The van der Waals surface area contributed by atoms with E-state index in [0.29, 0.717) is 0 Å². The molecule has 0 amide bonds. The number of rotatable bonds is 5. The van der Waals surface area contributed by atoms with Crippen molar-refractivity contribution in [3.8, 4) is 0 Å². The fourth-order valence-electron chi connectivity index (χ4n) is 1.10. The van der Waals surface area contributed by atoms with Crippen LogP contribution in [-0.2, 0) is 4.18 Å². The first-order chi connectivity index (χ1) is 6.84. The van der Waals surface area contributed by atoms with E-state index in [2.05, 4.69) is 12.2 Å². The first kappa shape index (κ1) is 12.1. The molecule has 0 aromatic heterocycles. The smallest absolute Gasteiger partial charge is 0.180 e. The fourth-order valence-corrected chi connectivity index (χ4v) is 2.04. The molecule has 0 atom stereocenters. The summed E-state index contributed by atoms with van der Waals surface area (Å²) in [5, 5.41) is 3.97. The molecule has 1 aliphatic heterocycles. The van der Waals surface area contributed by atoms with Gasteiger partial charge in [0.25, 0.3) is 0 Å². The van der Waals surface area contributed by atoms with Crippen LogP contribution in [0.25, 0.3) is 0 Å². The summed E-state index contributed by atoms with van der Waals surface area (Å²) < 4.78 is 7.42. The van der Waals surface area contributed by atoms with Crippen molar-refractivity contribution in [1.29, 1.82) is 0 Å². The van der Waals surface area contributed by atoms with E-state index in [1.54, 1.807) is 0 Å². The number of nitrogens with one attached hydrogen (secondary N) is 1. The number of thiocarbonyl (C=S) groups is 1. The van der Waals surface area contributed by atoms with Gasteiger partial charge >= 0.3 is 0 Å². The van der Waals surface area contributed by atoms with Gasteiger partial charge in [-0.05, 0) is 31.5 Å². The van der Waals surface area contributed by atoms with Crippen LogP contribution in [-0.4, -0.2) is 29.1 Å². The second-order valence-electron chi connectivity index (χ2n) is 3.14. The van der Waals surface area contributed by atoms with Crippen molar-refractivity contribution in [2.45, 2.75) is 25.7 Å². The Bertz CT molecular complexity index is 178. The average Bonchev–Trinajstić information content (AvgIpc) is 2.39. The maximum absolute atomic E-state index is 5.41. The van der Waals surface area contributed by atoms with Gasteiger partial charge in [0, 0.05) is 13.1 Å². The number of hydrogen-bond acceptors (Lipinski definition) is 3. The van der Waals surface area contributed by atoms with Crippen LogP contribution in [0.15, 0.2) is 0 Å². The van der Waals surface area contributed by atoms with E-state index in [0.717, 1.165) is 37.7 Å². The first-order valence-corrected chi connectivity index (χ1v) is 6.09. The molecule has 1 fully saturated rings. The highest BCUT2D eigenvalue weighted by atomic mass is 32.2. The predicted octanol–water partition coefficient (Wildman–Crippen LogP) is 2.15. The minimum atomic E-state index is 0.743. The summed E-state index contributed by atoms with van der Waals surface area (Å²) in [6.45, 7) is 6.46. The highest BCUT2D eigenvalue weighted by Crippen LogP contribution is 2.15. The summed E-state index contributed by atoms with van der Waals surface area (Å²) in [6.07, 6.45) is 4.26. The van der Waals surface area contributed by atoms with Crippen molar-refractivity contribution in [3.05, 3.63) is 6.92 Å². The molecule has 0 aromatic rings. The Morgan fingerprint density at radius 3 is 3.21 bits per heavy atom. The van der Waals surface area contributed by atoms with Gasteiger partial charge in [0.15, 0.2) is 5.11 Å². The normalized spacial score (nSPS) is 17.8. The standard InChI is InChI=1S/C9H17N2OS2/c1-2-3-8-12-14-11-7-5-4-6-10-9(11)13/h1-8H2,(H,10,13). The monoisotopic (exact) mass is 233 g/mol. The van der Waals surface area contributed by atoms with Gasteiger partial charge in [0.2, 0.25) is 0 Å². The summed E-state index contributed by atoms with van der Waals surface area (Å²) >= 11 is 6.55. The van der Waals surface area contributed by atoms with Crippen LogP contribution in [0.1, 0.15) is 25.7 Å². The van der Waals surface area contributed by atoms with E-state index in [1.165, 1.54) is 25.1 Å². The van der Waals surface area contributed by atoms with E-state index >= 15 is 0 Å². The molecule has 0 spiro atoms. The summed E-state index contributed by atoms with van der Waals surface area (Å²) in [6, 6.07) is 0. The summed E-state index contributed by atoms with van der Waals surface area (Å²) in [4.78, 5) is 0. The van der Waals surface area contributed by atoms with E-state index in [-0.39, 0.29) is 0 Å². The Morgan fingerprint density at radius 2 is 2.43 bits per heavy atom. The molecule has 1 aliphatic rings. The molecule has 14 heavy (non-hydrogen) atoms. The van der Waals surface area contributed by atoms with Crippen LogP contribution in [0, 0.1) is 6.92 Å². The van der Waals surface area contributed by atoms with Gasteiger partial charge in [0.1, 0.15) is 12.2 Å². The van der Waals surface area contributed by atoms with Crippen LogP contribution in [0.4, 0.5) is 0 Å². The predicted molar refractivity (Wildman–Crippen MR) is 64.7 cm³/mol. The summed E-state index contributed by atoms with van der Waals surface area (Å²) in [5.74, 6) is 0. The van der Waals surface area contributed by atoms with E-state index < -0.39 is 0 Å². The number of hydrogen-bond donors (Lipinski definition) is 1. The minimum Gasteiger partial charge on any atom is -0.362 e. The molecule has 1 heterocycles. The lowest BCUT2D eigenvalue weighted by Crippen LogP contribution is -2.33. The van der Waals surface area contributed by atoms with Crippen molar-refractivity contribution in [3.63, 3.8) is 0 Å². The molecule has 5 heteroatoms. The van der Waals surface area contributed by atoms with Crippen LogP contribution < -0.4 is 5.32 Å². The number of unbranched alkanes of at least 4 members (excludes halogenated alkanes) is 1. The van der Waals surface area contributed by atoms with Gasteiger partial charge in [-0.2, -0.15) is 0 Å². The molecule has 0 unspecified atom stereocenters. The highest BCUT2D eigenvalue weighted by Gasteiger charge is 2.13. The molecule has 1 saturated heterocycles. The largest absolute Gasteiger partial charge is 0.362 e. The second kappa shape index (κ2) is 7.31. The summed E-state index contributed by atoms with van der Waals surface area (Å²) in [7, 11) is 0. The zero-order valence-electron chi connectivity index (χ0n) is 8.33. The maximum atomic E-state index is 5.41. The molecule has 1 N–H and O–H groups in total. The Kier molecular flexibility index (Phi) is 6.31. The van der Waals surface area contributed by atoms with Gasteiger partial charge < -0.3 is 5.32 Å². The van der Waals surface area contributed by atoms with Gasteiger partial charge in [0.05, 0.1) is 6.61 Å². The van der Waals surface area contributed by atoms with Crippen LogP contribution >= 0.6 is 24.4 Å². The van der Waals surface area contributed by atoms with Crippen molar-refractivity contribution < 1.29 is 4.18 Å². The lowest BCUT2D eigenvalue weighted by Gasteiger charge is -2.19. The van der Waals surface area contributed by atoms with Crippen LogP contribution in [0.2, 0.25) is 0 Å². The Balaban J connectivity index is 2.16. The Morgan fingerprint density at radius 1 is 1.57 bits per heavy atom. The molecule has 1 rings (SSSR count). The molecule has 0 bridgehead atoms. The fraction of sp³-hybridized carbons (Fsp3) is 0.778. The molecular weight excluding hydrogens is 216 g/mol. The van der Waals surface area contributed by atoms with Gasteiger partial charge in [-0.1, -0.05) is 13.3 Å². The lowest BCUT2D eigenvalue weighted by molar-refractivity contribution is 0.351. The van der Waals surface area contributed by atoms with Gasteiger partial charge in [-0.25, -0.2) is 0 Å². The van der Waals surface area contributed by atoms with Crippen LogP contribution in [0.3, 0.4) is 0 Å². The lowest BCUT2D eigenvalue weighted by atomic mass is 10.3. The van der Waals surface area contributed by atoms with E-state index in [4.69, 9.17) is 16.4 Å². The molecule has 0 saturated carbocycles. The molecule has 3 nitrogen and oxygen atoms in total. The Labute approximate surface area is 95.9 Å². The topological polar surface area (TPSA) is 24.5 Å². The van der Waals surface area contributed by atoms with Crippen molar-refractivity contribution in [1.82, 2.24) is 9.62 Å². The van der Waals surface area contributed by atoms with Gasteiger partial charge in [-0.3, -0.25) is 8.49 Å². The molecule has 1 radical (unpaired) electrons. The first-order valence-electron chi connectivity index (χ1n) is 4.99. The Hall–Kier alpha value is -0.0000000000000000278. The average molecular weight is 233 g/mol. The highest BCUT2D eigenvalue weighted by molar-refractivity contribution is 7.94. The van der Waals surface area contributed by atoms with Crippen molar-refractivity contribution >= 4 is 29.6 Å². The van der Waals surface area contributed by atoms with Crippen LogP contribution in [0.5, 0.6) is 0 Å². The maximum Gasteiger partial charge on any atom is 0.180 e. The third-order valence-corrected chi connectivity index (χ3v) is 3.21. The third kappa shape index (κ3) is 4.48. The molecule has 0 aliphatic carbocycles. The quantitative estimate of drug-likeness (QED) is 0.339. The molecule has 0 aromatic carbocycles. The number of nitrogens with zero attached hydrogens (tertiary/aromatic N) is 1. The third-order valence-electron chi connectivity index (χ3n) is 1.91. The van der Waals surface area contributed by atoms with E-state index in [9.17, 15) is 0 Å². The zero-order valence-corrected chi connectivity index (χ0v) is 9.96. The van der Waals surface area contributed by atoms with E-state index in [1.807, 2.05) is 4.31 Å². The van der Waals surface area contributed by atoms with Crippen molar-refractivity contribution in [2.24, 2.45) is 0 Å². The van der Waals surface area contributed by atoms with Crippen molar-refractivity contribution in [2.75, 3.05) is 19.7 Å². The SMILES string of the molecule is [CH2]CCCOSN1CCCCNC1=S. The second-order valence-corrected chi connectivity index (χ2v) is 4.36. The molecular formula is C9H17N2OS2. The minimum absolute atomic E-state index is 0.743. The van der Waals surface area contributed by atoms with Gasteiger partial charge in [-0.15, -0.1) is 0 Å². The molecule has 81 valence electrons. The zero-order chi connectivity index (χ0) is 10.2. The summed E-state index contributed by atoms with van der Waals surface area (Å²) in [5.41, 5.74) is 0.